The number of hydrogen-bond donors (Lipinski definition) is 2. The van der Waals surface area contributed by atoms with Crippen molar-refractivity contribution in [3.8, 4) is 0 Å². The minimum Gasteiger partial charge on any atom is -0.444 e. The van der Waals surface area contributed by atoms with E-state index in [0.717, 1.165) is 0 Å². The van der Waals surface area contributed by atoms with Crippen molar-refractivity contribution in [3.05, 3.63) is 21.3 Å². The van der Waals surface area contributed by atoms with Gasteiger partial charge in [0, 0.05) is 13.1 Å². The molecule has 0 aliphatic heterocycles. The van der Waals surface area contributed by atoms with Gasteiger partial charge in [0.2, 0.25) is 0 Å². The number of nitrogens with zero attached hydrogens (tertiary/aromatic N) is 1. The smallest absolute Gasteiger partial charge is 0.407 e. The number of hydrogen-bond acceptors (Lipinski definition) is 6. The molecule has 8 heteroatoms. The van der Waals surface area contributed by atoms with E-state index in [0.29, 0.717) is 18.1 Å². The van der Waals surface area contributed by atoms with E-state index in [9.17, 15) is 14.9 Å². The molecule has 2 N–H and O–H groups in total. The quantitative estimate of drug-likeness (QED) is 0.250. The van der Waals surface area contributed by atoms with Crippen LogP contribution in [0.2, 0.25) is 0 Å². The van der Waals surface area contributed by atoms with Crippen LogP contribution in [0.4, 0.5) is 4.79 Å². The molecule has 104 valence electrons. The molecule has 0 aliphatic rings. The Morgan fingerprint density at radius 3 is 2.39 bits per heavy atom. The molecule has 0 bridgehead atoms. The zero-order valence-electron chi connectivity index (χ0n) is 10.9. The number of nitro groups is 1. The van der Waals surface area contributed by atoms with E-state index in [1.165, 1.54) is 11.8 Å². The highest BCUT2D eigenvalue weighted by atomic mass is 32.2. The number of thioether (sulfide) groups is 1. The number of alkyl carbamates (subject to hydrolysis) is 1. The molecular formula is C10H18N3O4S-. The van der Waals surface area contributed by atoms with Crippen LogP contribution in [0.5, 0.6) is 0 Å². The molecule has 0 aromatic rings. The van der Waals surface area contributed by atoms with E-state index in [1.807, 2.05) is 6.20 Å². The van der Waals surface area contributed by atoms with Gasteiger partial charge in [-0.2, -0.15) is 0 Å². The fourth-order valence-corrected chi connectivity index (χ4v) is 1.31. The lowest BCUT2D eigenvalue weighted by atomic mass is 10.2. The van der Waals surface area contributed by atoms with Gasteiger partial charge in [0.1, 0.15) is 5.60 Å². The van der Waals surface area contributed by atoms with Crippen molar-refractivity contribution in [2.24, 2.45) is 0 Å². The predicted molar refractivity (Wildman–Crippen MR) is 69.5 cm³/mol. The third-order valence-electron chi connectivity index (χ3n) is 1.48. The SMILES string of the molecule is CSC(=[C-][N+](=O)[O-])NCCNC(=O)OC(C)(C)C. The number of carbonyl (C=O) groups excluding carboxylic acids is 1. The fraction of sp³-hybridized carbons (Fsp3) is 0.700. The Hall–Kier alpha value is -1.44. The van der Waals surface area contributed by atoms with E-state index in [1.54, 1.807) is 27.0 Å². The summed E-state index contributed by atoms with van der Waals surface area (Å²) in [4.78, 5) is 20.8. The first-order valence-corrected chi connectivity index (χ1v) is 6.50. The summed E-state index contributed by atoms with van der Waals surface area (Å²) in [6.07, 6.45) is 3.18. The standard InChI is InChI=1S/C10H18N3O4S/c1-10(2,3)17-9(14)12-6-5-11-8(18-4)7-13(15)16/h11H,5-6H2,1-4H3,(H,12,14)/q-1. The van der Waals surface area contributed by atoms with E-state index in [-0.39, 0.29) is 0 Å². The molecule has 0 aliphatic carbocycles. The highest BCUT2D eigenvalue weighted by molar-refractivity contribution is 8.02. The Labute approximate surface area is 110 Å². The van der Waals surface area contributed by atoms with Gasteiger partial charge < -0.3 is 15.4 Å². The lowest BCUT2D eigenvalue weighted by Crippen LogP contribution is -2.36. The maximum atomic E-state index is 11.3. The summed E-state index contributed by atoms with van der Waals surface area (Å²) in [5.74, 6) is 0. The van der Waals surface area contributed by atoms with Gasteiger partial charge in [-0.1, -0.05) is 6.20 Å². The Balaban J connectivity index is 3.86. The number of carbonyl (C=O) groups is 1. The highest BCUT2D eigenvalue weighted by Gasteiger charge is 2.15. The first kappa shape index (κ1) is 16.6. The number of ether oxygens (including phenoxy) is 1. The van der Waals surface area contributed by atoms with E-state index >= 15 is 0 Å². The number of rotatable bonds is 6. The van der Waals surface area contributed by atoms with Gasteiger partial charge in [0.15, 0.2) is 0 Å². The van der Waals surface area contributed by atoms with Gasteiger partial charge in [-0.25, -0.2) is 4.79 Å². The topological polar surface area (TPSA) is 93.5 Å². The average Bonchev–Trinajstić information content (AvgIpc) is 2.19. The predicted octanol–water partition coefficient (Wildman–Crippen LogP) is 1.34. The normalized spacial score (nSPS) is 11.9. The Kier molecular flexibility index (Phi) is 7.18. The minimum atomic E-state index is -0.653. The van der Waals surface area contributed by atoms with Crippen molar-refractivity contribution in [1.82, 2.24) is 10.6 Å². The van der Waals surface area contributed by atoms with Crippen LogP contribution < -0.4 is 10.6 Å². The number of amides is 1. The molecule has 0 rings (SSSR count). The minimum absolute atomic E-state index is 0.304. The lowest BCUT2D eigenvalue weighted by molar-refractivity contribution is -0.420. The molecule has 0 aromatic carbocycles. The van der Waals surface area contributed by atoms with Gasteiger partial charge in [-0.3, -0.25) is 10.1 Å². The van der Waals surface area contributed by atoms with Crippen LogP contribution in [0, 0.1) is 16.3 Å². The molecule has 0 atom stereocenters. The van der Waals surface area contributed by atoms with Crippen molar-refractivity contribution in [1.29, 1.82) is 0 Å². The molecule has 0 saturated carbocycles. The van der Waals surface area contributed by atoms with Crippen LogP contribution >= 0.6 is 11.8 Å². The first-order valence-electron chi connectivity index (χ1n) is 5.27. The molecule has 1 amide bonds. The van der Waals surface area contributed by atoms with Crippen molar-refractivity contribution in [3.63, 3.8) is 0 Å². The zero-order chi connectivity index (χ0) is 14.2. The van der Waals surface area contributed by atoms with Gasteiger partial charge >= 0.3 is 6.09 Å². The van der Waals surface area contributed by atoms with Crippen LogP contribution in [0.15, 0.2) is 5.03 Å². The summed E-state index contributed by atoms with van der Waals surface area (Å²) in [5.41, 5.74) is -0.540. The van der Waals surface area contributed by atoms with Crippen molar-refractivity contribution in [2.45, 2.75) is 26.4 Å². The zero-order valence-corrected chi connectivity index (χ0v) is 11.7. The highest BCUT2D eigenvalue weighted by Crippen LogP contribution is 2.06. The van der Waals surface area contributed by atoms with E-state index < -0.39 is 16.6 Å². The lowest BCUT2D eigenvalue weighted by Gasteiger charge is -2.20. The van der Waals surface area contributed by atoms with Crippen LogP contribution in [-0.4, -0.2) is 36.0 Å². The summed E-state index contributed by atoms with van der Waals surface area (Å²) in [7, 11) is 0. The third kappa shape index (κ3) is 9.76. The van der Waals surface area contributed by atoms with E-state index in [4.69, 9.17) is 4.74 Å². The average molecular weight is 276 g/mol. The van der Waals surface area contributed by atoms with Crippen molar-refractivity contribution < 1.29 is 14.5 Å². The van der Waals surface area contributed by atoms with Gasteiger partial charge in [0.25, 0.3) is 0 Å². The molecule has 18 heavy (non-hydrogen) atoms. The largest absolute Gasteiger partial charge is 0.444 e. The van der Waals surface area contributed by atoms with Crippen LogP contribution in [0.3, 0.4) is 0 Å². The second-order valence-electron chi connectivity index (χ2n) is 4.26. The molecule has 0 aromatic heterocycles. The summed E-state index contributed by atoms with van der Waals surface area (Å²) >= 11 is 1.18. The van der Waals surface area contributed by atoms with Crippen LogP contribution in [0.25, 0.3) is 0 Å². The summed E-state index contributed by atoms with van der Waals surface area (Å²) < 4.78 is 5.02. The maximum Gasteiger partial charge on any atom is 0.407 e. The fourth-order valence-electron chi connectivity index (χ4n) is 0.895. The monoisotopic (exact) mass is 276 g/mol. The molecular weight excluding hydrogens is 258 g/mol. The Morgan fingerprint density at radius 2 is 1.94 bits per heavy atom. The molecule has 0 saturated heterocycles. The van der Waals surface area contributed by atoms with Gasteiger partial charge in [0.05, 0.1) is 0 Å². The van der Waals surface area contributed by atoms with Crippen LogP contribution in [-0.2, 0) is 4.74 Å². The van der Waals surface area contributed by atoms with Crippen molar-refractivity contribution in [2.75, 3.05) is 19.3 Å². The molecule has 0 spiro atoms. The second-order valence-corrected chi connectivity index (χ2v) is 5.07. The maximum absolute atomic E-state index is 11.3. The van der Waals surface area contributed by atoms with E-state index in [2.05, 4.69) is 10.6 Å². The molecule has 0 unspecified atom stereocenters. The molecule has 0 radical (unpaired) electrons. The van der Waals surface area contributed by atoms with Crippen LogP contribution in [0.1, 0.15) is 20.8 Å². The first-order chi connectivity index (χ1) is 8.24. The molecule has 7 nitrogen and oxygen atoms in total. The second kappa shape index (κ2) is 7.80. The third-order valence-corrected chi connectivity index (χ3v) is 2.12. The summed E-state index contributed by atoms with van der Waals surface area (Å²) in [6.45, 7) is 5.97. The number of nitrogens with one attached hydrogen (secondary N) is 2. The van der Waals surface area contributed by atoms with Gasteiger partial charge in [-0.15, -0.1) is 16.7 Å². The Bertz CT molecular complexity index is 326. The van der Waals surface area contributed by atoms with Crippen molar-refractivity contribution >= 4 is 17.9 Å². The summed E-state index contributed by atoms with van der Waals surface area (Å²) in [5, 5.41) is 15.8. The summed E-state index contributed by atoms with van der Waals surface area (Å²) in [6, 6.07) is 0. The van der Waals surface area contributed by atoms with Gasteiger partial charge in [-0.05, 0) is 32.1 Å². The molecule has 0 fully saturated rings. The molecule has 0 heterocycles. The Morgan fingerprint density at radius 1 is 1.39 bits per heavy atom.